The van der Waals surface area contributed by atoms with Crippen molar-refractivity contribution >= 4 is 11.8 Å². The minimum Gasteiger partial charge on any atom is -0.493 e. The van der Waals surface area contributed by atoms with E-state index in [1.165, 1.54) is 17.2 Å². The Bertz CT molecular complexity index is 1610. The summed E-state index contributed by atoms with van der Waals surface area (Å²) < 4.78 is 11.6. The van der Waals surface area contributed by atoms with Gasteiger partial charge in [0, 0.05) is 23.6 Å². The van der Waals surface area contributed by atoms with Gasteiger partial charge in [-0.25, -0.2) is 0 Å². The summed E-state index contributed by atoms with van der Waals surface area (Å²) in [6, 6.07) is 26.3. The van der Waals surface area contributed by atoms with Gasteiger partial charge < -0.3 is 14.6 Å². The average molecular weight is 518 g/mol. The second-order valence-electron chi connectivity index (χ2n) is 9.75. The molecular weight excluding hydrogens is 490 g/mol. The number of Topliss-reactive ketones (excluding diaryl/α,β-unsaturated/α-hetero) is 1. The number of carboxylic acids is 1. The molecule has 6 nitrogen and oxygen atoms in total. The molecule has 0 aromatic heterocycles. The van der Waals surface area contributed by atoms with E-state index in [0.717, 1.165) is 16.7 Å². The van der Waals surface area contributed by atoms with Gasteiger partial charge in [0.05, 0.1) is 18.1 Å². The van der Waals surface area contributed by atoms with E-state index in [0.29, 0.717) is 29.0 Å². The summed E-state index contributed by atoms with van der Waals surface area (Å²) in [4.78, 5) is 24.6. The summed E-state index contributed by atoms with van der Waals surface area (Å²) in [6.07, 6.45) is 0.614. The Hall–Kier alpha value is -4.89. The summed E-state index contributed by atoms with van der Waals surface area (Å²) in [5.41, 5.74) is 6.84. The largest absolute Gasteiger partial charge is 0.493 e. The highest BCUT2D eigenvalue weighted by atomic mass is 16.5. The van der Waals surface area contributed by atoms with Crippen molar-refractivity contribution in [2.24, 2.45) is 0 Å². The lowest BCUT2D eigenvalue weighted by atomic mass is 9.91. The lowest BCUT2D eigenvalue weighted by molar-refractivity contribution is -0.139. The molecule has 0 saturated carbocycles. The van der Waals surface area contributed by atoms with Crippen molar-refractivity contribution < 1.29 is 24.2 Å². The monoisotopic (exact) mass is 517 g/mol. The molecule has 0 saturated heterocycles. The van der Waals surface area contributed by atoms with Gasteiger partial charge in [0.1, 0.15) is 23.3 Å². The fourth-order valence-corrected chi connectivity index (χ4v) is 4.75. The van der Waals surface area contributed by atoms with Gasteiger partial charge in [-0.2, -0.15) is 5.26 Å². The van der Waals surface area contributed by atoms with Crippen LogP contribution in [-0.2, 0) is 11.2 Å². The SMILES string of the molecule is Cc1ccc(-c2cccc(CC(=O)c3ccc(Oc4cc5c(cc4C#N)C(C(=O)O)CCO5)cc3)c2)cc1C. The zero-order valence-electron chi connectivity index (χ0n) is 21.7. The number of nitriles is 1. The van der Waals surface area contributed by atoms with Crippen LogP contribution in [0.15, 0.2) is 78.9 Å². The van der Waals surface area contributed by atoms with Gasteiger partial charge in [-0.3, -0.25) is 9.59 Å². The number of hydrogen-bond donors (Lipinski definition) is 1. The smallest absolute Gasteiger partial charge is 0.311 e. The molecule has 194 valence electrons. The molecule has 0 fully saturated rings. The maximum atomic E-state index is 13.0. The second-order valence-corrected chi connectivity index (χ2v) is 9.75. The summed E-state index contributed by atoms with van der Waals surface area (Å²) >= 11 is 0. The Balaban J connectivity index is 1.31. The maximum Gasteiger partial charge on any atom is 0.311 e. The Kier molecular flexibility index (Phi) is 7.16. The lowest BCUT2D eigenvalue weighted by Crippen LogP contribution is -2.21. The number of nitrogens with zero attached hydrogens (tertiary/aromatic N) is 1. The molecule has 39 heavy (non-hydrogen) atoms. The third kappa shape index (κ3) is 5.53. The summed E-state index contributed by atoms with van der Waals surface area (Å²) in [5, 5.41) is 19.1. The van der Waals surface area contributed by atoms with Gasteiger partial charge in [-0.1, -0.05) is 42.5 Å². The average Bonchev–Trinajstić information content (AvgIpc) is 2.94. The Labute approximate surface area is 227 Å². The summed E-state index contributed by atoms with van der Waals surface area (Å²) in [6.45, 7) is 4.46. The molecule has 1 N–H and O–H groups in total. The number of carbonyl (C=O) groups is 2. The highest BCUT2D eigenvalue weighted by Gasteiger charge is 2.29. The van der Waals surface area contributed by atoms with Crippen molar-refractivity contribution in [3.63, 3.8) is 0 Å². The molecule has 6 heteroatoms. The van der Waals surface area contributed by atoms with Gasteiger partial charge >= 0.3 is 5.97 Å². The molecule has 0 bridgehead atoms. The summed E-state index contributed by atoms with van der Waals surface area (Å²) in [7, 11) is 0. The molecule has 1 aliphatic heterocycles. The highest BCUT2D eigenvalue weighted by Crippen LogP contribution is 2.39. The van der Waals surface area contributed by atoms with E-state index in [2.05, 4.69) is 44.2 Å². The van der Waals surface area contributed by atoms with Crippen LogP contribution in [0.5, 0.6) is 17.2 Å². The molecular formula is C33H27NO5. The van der Waals surface area contributed by atoms with Crippen molar-refractivity contribution in [1.29, 1.82) is 5.26 Å². The van der Waals surface area contributed by atoms with Crippen LogP contribution in [0.25, 0.3) is 11.1 Å². The minimum absolute atomic E-state index is 0.0154. The summed E-state index contributed by atoms with van der Waals surface area (Å²) in [5.74, 6) is -0.568. The first kappa shape index (κ1) is 25.7. The van der Waals surface area contributed by atoms with Crippen molar-refractivity contribution in [3.05, 3.63) is 112 Å². The molecule has 5 rings (SSSR count). The number of ether oxygens (including phenoxy) is 2. The van der Waals surface area contributed by atoms with Gasteiger partial charge in [-0.15, -0.1) is 0 Å². The lowest BCUT2D eigenvalue weighted by Gasteiger charge is -2.24. The number of hydrogen-bond acceptors (Lipinski definition) is 5. The number of fused-ring (bicyclic) bond motifs is 1. The molecule has 0 radical (unpaired) electrons. The van der Waals surface area contributed by atoms with Crippen molar-refractivity contribution in [3.8, 4) is 34.4 Å². The van der Waals surface area contributed by atoms with Crippen LogP contribution in [0, 0.1) is 25.2 Å². The Morgan fingerprint density at radius 1 is 0.974 bits per heavy atom. The number of carbonyl (C=O) groups excluding carboxylic acids is 1. The second kappa shape index (κ2) is 10.8. The van der Waals surface area contributed by atoms with Gasteiger partial charge in [0.25, 0.3) is 0 Å². The molecule has 0 aliphatic carbocycles. The Morgan fingerprint density at radius 2 is 1.74 bits per heavy atom. The highest BCUT2D eigenvalue weighted by molar-refractivity contribution is 5.97. The van der Waals surface area contributed by atoms with E-state index in [1.54, 1.807) is 30.3 Å². The quantitative estimate of drug-likeness (QED) is 0.265. The third-order valence-corrected chi connectivity index (χ3v) is 7.11. The van der Waals surface area contributed by atoms with Crippen molar-refractivity contribution in [2.45, 2.75) is 32.6 Å². The molecule has 0 spiro atoms. The van der Waals surface area contributed by atoms with Crippen LogP contribution in [-0.4, -0.2) is 23.5 Å². The Morgan fingerprint density at radius 3 is 2.46 bits per heavy atom. The van der Waals surface area contributed by atoms with Gasteiger partial charge in [0.15, 0.2) is 5.78 Å². The van der Waals surface area contributed by atoms with E-state index in [9.17, 15) is 20.0 Å². The number of benzene rings is 4. The normalized spacial score (nSPS) is 14.0. The van der Waals surface area contributed by atoms with Gasteiger partial charge in [0.2, 0.25) is 0 Å². The molecule has 1 aliphatic rings. The fourth-order valence-electron chi connectivity index (χ4n) is 4.75. The molecule has 4 aromatic carbocycles. The first-order valence-corrected chi connectivity index (χ1v) is 12.7. The van der Waals surface area contributed by atoms with E-state index in [4.69, 9.17) is 9.47 Å². The van der Waals surface area contributed by atoms with Crippen LogP contribution >= 0.6 is 0 Å². The van der Waals surface area contributed by atoms with E-state index < -0.39 is 11.9 Å². The van der Waals surface area contributed by atoms with Crippen LogP contribution in [0.3, 0.4) is 0 Å². The maximum absolute atomic E-state index is 13.0. The number of ketones is 1. The van der Waals surface area contributed by atoms with E-state index in [-0.39, 0.29) is 30.1 Å². The third-order valence-electron chi connectivity index (χ3n) is 7.11. The van der Waals surface area contributed by atoms with Crippen molar-refractivity contribution in [1.82, 2.24) is 0 Å². The zero-order chi connectivity index (χ0) is 27.5. The number of carboxylic acid groups (broad SMARTS) is 1. The van der Waals surface area contributed by atoms with Crippen LogP contribution < -0.4 is 9.47 Å². The minimum atomic E-state index is -0.950. The first-order valence-electron chi connectivity index (χ1n) is 12.7. The van der Waals surface area contributed by atoms with Crippen LogP contribution in [0.4, 0.5) is 0 Å². The standard InChI is InChI=1S/C33H27NO5/c1-20-6-7-25(14-21(20)2)24-5-3-4-22(15-24)16-30(35)23-8-10-27(11-9-23)39-31-18-32-29(17-26(31)19-34)28(33(36)37)12-13-38-32/h3-11,14-15,17-18,28H,12-13,16H2,1-2H3,(H,36,37). The topological polar surface area (TPSA) is 96.6 Å². The number of rotatable bonds is 7. The number of aliphatic carboxylic acids is 1. The van der Waals surface area contributed by atoms with Gasteiger partial charge in [-0.05, 0) is 78.4 Å². The molecule has 1 heterocycles. The zero-order valence-corrected chi connectivity index (χ0v) is 21.7. The predicted octanol–water partition coefficient (Wildman–Crippen LogP) is 7.01. The molecule has 0 amide bonds. The van der Waals surface area contributed by atoms with Crippen molar-refractivity contribution in [2.75, 3.05) is 6.61 Å². The predicted molar refractivity (Wildman–Crippen MR) is 148 cm³/mol. The molecule has 1 unspecified atom stereocenters. The van der Waals surface area contributed by atoms with E-state index >= 15 is 0 Å². The van der Waals surface area contributed by atoms with E-state index in [1.807, 2.05) is 18.2 Å². The van der Waals surface area contributed by atoms with Crippen LogP contribution in [0.2, 0.25) is 0 Å². The fraction of sp³-hybridized carbons (Fsp3) is 0.182. The molecule has 1 atom stereocenters. The molecule has 4 aromatic rings. The van der Waals surface area contributed by atoms with Crippen LogP contribution in [0.1, 0.15) is 50.5 Å². The number of aryl methyl sites for hydroxylation is 2. The first-order chi connectivity index (χ1) is 18.8.